The van der Waals surface area contributed by atoms with E-state index in [4.69, 9.17) is 0 Å². The first kappa shape index (κ1) is 19.5. The number of halogens is 1. The minimum absolute atomic E-state index is 0.338. The van der Waals surface area contributed by atoms with Crippen LogP contribution < -0.4 is 0 Å². The highest BCUT2D eigenvalue weighted by molar-refractivity contribution is 9.10. The summed E-state index contributed by atoms with van der Waals surface area (Å²) in [5, 5.41) is 4.36. The highest BCUT2D eigenvalue weighted by Gasteiger charge is 2.07. The van der Waals surface area contributed by atoms with Crippen molar-refractivity contribution >= 4 is 15.9 Å². The fraction of sp³-hybridized carbons (Fsp3) is 0.737. The molecule has 0 spiro atoms. The van der Waals surface area contributed by atoms with Crippen molar-refractivity contribution in [2.75, 3.05) is 0 Å². The number of hydrogen-bond acceptors (Lipinski definition) is 1. The van der Waals surface area contributed by atoms with Crippen molar-refractivity contribution in [3.63, 3.8) is 0 Å². The van der Waals surface area contributed by atoms with Crippen molar-refractivity contribution in [2.45, 2.75) is 90.0 Å². The minimum Gasteiger partial charge on any atom is -0.265 e. The van der Waals surface area contributed by atoms with Crippen LogP contribution in [0.2, 0.25) is 0 Å². The van der Waals surface area contributed by atoms with Gasteiger partial charge in [0.2, 0.25) is 0 Å². The summed E-state index contributed by atoms with van der Waals surface area (Å²) in [6.45, 7) is 6.22. The average molecular weight is 369 g/mol. The fourth-order valence-corrected chi connectivity index (χ4v) is 3.17. The molecule has 0 bridgehead atoms. The van der Waals surface area contributed by atoms with Gasteiger partial charge in [0.05, 0.1) is 16.7 Å². The Morgan fingerprint density at radius 3 is 2.05 bits per heavy atom. The highest BCUT2D eigenvalue weighted by atomic mass is 79.9. The molecule has 0 amide bonds. The lowest BCUT2D eigenvalue weighted by Gasteiger charge is -2.12. The number of allylic oxidation sites excluding steroid dienone is 1. The van der Waals surface area contributed by atoms with Crippen LogP contribution in [0.25, 0.3) is 0 Å². The summed E-state index contributed by atoms with van der Waals surface area (Å²) in [5.41, 5.74) is 0. The van der Waals surface area contributed by atoms with Gasteiger partial charge in [-0.05, 0) is 22.4 Å². The number of nitrogens with zero attached hydrogens (tertiary/aromatic N) is 2. The Kier molecular flexibility index (Phi) is 11.4. The quantitative estimate of drug-likeness (QED) is 0.253. The van der Waals surface area contributed by atoms with Crippen molar-refractivity contribution in [3.05, 3.63) is 29.5 Å². The van der Waals surface area contributed by atoms with E-state index in [-0.39, 0.29) is 0 Å². The first-order chi connectivity index (χ1) is 10.8. The van der Waals surface area contributed by atoms with Crippen LogP contribution in [0.3, 0.4) is 0 Å². The maximum Gasteiger partial charge on any atom is 0.0697 e. The molecule has 0 N–H and O–H groups in total. The van der Waals surface area contributed by atoms with Gasteiger partial charge in [-0.25, -0.2) is 0 Å². The van der Waals surface area contributed by atoms with Crippen LogP contribution >= 0.6 is 15.9 Å². The van der Waals surface area contributed by atoms with E-state index in [0.29, 0.717) is 6.04 Å². The molecule has 1 heterocycles. The molecule has 1 rings (SSSR count). The molecule has 0 aliphatic carbocycles. The molecular formula is C19H33BrN2. The zero-order valence-electron chi connectivity index (χ0n) is 14.3. The molecule has 2 nitrogen and oxygen atoms in total. The number of hydrogen-bond donors (Lipinski definition) is 0. The van der Waals surface area contributed by atoms with Gasteiger partial charge >= 0.3 is 0 Å². The summed E-state index contributed by atoms with van der Waals surface area (Å²) in [5.74, 6) is 0. The number of aromatic nitrogens is 2. The van der Waals surface area contributed by atoms with E-state index in [2.05, 4.69) is 34.5 Å². The summed E-state index contributed by atoms with van der Waals surface area (Å²) < 4.78 is 3.05. The zero-order chi connectivity index (χ0) is 16.0. The van der Waals surface area contributed by atoms with E-state index in [1.165, 1.54) is 70.6 Å². The first-order valence-electron chi connectivity index (χ1n) is 9.10. The topological polar surface area (TPSA) is 17.8 Å². The van der Waals surface area contributed by atoms with Gasteiger partial charge < -0.3 is 0 Å². The fourth-order valence-electron chi connectivity index (χ4n) is 2.87. The third-order valence-corrected chi connectivity index (χ3v) is 4.69. The van der Waals surface area contributed by atoms with Crippen molar-refractivity contribution in [1.29, 1.82) is 0 Å². The van der Waals surface area contributed by atoms with Crippen molar-refractivity contribution in [1.82, 2.24) is 9.78 Å². The predicted octanol–water partition coefficient (Wildman–Crippen LogP) is 7.07. The maximum absolute atomic E-state index is 4.36. The zero-order valence-corrected chi connectivity index (χ0v) is 15.9. The maximum atomic E-state index is 4.36. The molecule has 126 valence electrons. The van der Waals surface area contributed by atoms with Crippen molar-refractivity contribution in [2.24, 2.45) is 0 Å². The Morgan fingerprint density at radius 1 is 1.05 bits per heavy atom. The van der Waals surface area contributed by atoms with Crippen LogP contribution in [0, 0.1) is 0 Å². The third-order valence-electron chi connectivity index (χ3n) is 4.29. The van der Waals surface area contributed by atoms with Gasteiger partial charge in [-0.15, -0.1) is 6.58 Å². The van der Waals surface area contributed by atoms with Crippen LogP contribution in [0.4, 0.5) is 0 Å². The lowest BCUT2D eigenvalue weighted by molar-refractivity contribution is 0.467. The molecule has 1 unspecified atom stereocenters. The Labute approximate surface area is 145 Å². The average Bonchev–Trinajstić information content (AvgIpc) is 2.95. The normalized spacial score (nSPS) is 12.5. The summed E-state index contributed by atoms with van der Waals surface area (Å²) in [6, 6.07) is 0.338. The van der Waals surface area contributed by atoms with Gasteiger partial charge in [-0.1, -0.05) is 83.6 Å². The lowest BCUT2D eigenvalue weighted by Crippen LogP contribution is -2.06. The van der Waals surface area contributed by atoms with E-state index in [0.717, 1.165) is 10.9 Å². The standard InChI is InChI=1S/C19H33BrN2/c1-3-5-6-7-8-9-10-11-12-13-14-15-19(4-2)22-17-18(20)16-21-22/h4,16-17,19H,2-3,5-15H2,1H3. The minimum atomic E-state index is 0.338. The predicted molar refractivity (Wildman–Crippen MR) is 100 cm³/mol. The summed E-state index contributed by atoms with van der Waals surface area (Å²) in [6.07, 6.45) is 22.3. The SMILES string of the molecule is C=CC(CCCCCCCCCCCCC)n1cc(Br)cn1. The van der Waals surface area contributed by atoms with E-state index < -0.39 is 0 Å². The largest absolute Gasteiger partial charge is 0.265 e. The number of unbranched alkanes of at least 4 members (excludes halogenated alkanes) is 10. The Balaban J connectivity index is 1.95. The van der Waals surface area contributed by atoms with Gasteiger partial charge in [-0.3, -0.25) is 4.68 Å². The van der Waals surface area contributed by atoms with E-state index in [1.807, 2.05) is 23.2 Å². The van der Waals surface area contributed by atoms with E-state index >= 15 is 0 Å². The molecule has 0 saturated carbocycles. The van der Waals surface area contributed by atoms with Crippen LogP contribution in [0.15, 0.2) is 29.5 Å². The second-order valence-corrected chi connectivity index (χ2v) is 7.18. The van der Waals surface area contributed by atoms with Gasteiger partial charge in [0.25, 0.3) is 0 Å². The summed E-state index contributed by atoms with van der Waals surface area (Å²) in [4.78, 5) is 0. The highest BCUT2D eigenvalue weighted by Crippen LogP contribution is 2.19. The van der Waals surface area contributed by atoms with Crippen molar-refractivity contribution < 1.29 is 0 Å². The second-order valence-electron chi connectivity index (χ2n) is 6.27. The Morgan fingerprint density at radius 2 is 1.59 bits per heavy atom. The molecular weight excluding hydrogens is 336 g/mol. The van der Waals surface area contributed by atoms with Crippen LogP contribution in [-0.4, -0.2) is 9.78 Å². The Bertz CT molecular complexity index is 387. The third kappa shape index (κ3) is 8.77. The van der Waals surface area contributed by atoms with Crippen LogP contribution in [0.5, 0.6) is 0 Å². The molecule has 1 atom stereocenters. The van der Waals surface area contributed by atoms with Gasteiger partial charge in [0, 0.05) is 6.20 Å². The smallest absolute Gasteiger partial charge is 0.0697 e. The lowest BCUT2D eigenvalue weighted by atomic mass is 10.0. The second kappa shape index (κ2) is 12.9. The molecule has 0 aromatic carbocycles. The molecule has 0 aliphatic heterocycles. The van der Waals surface area contributed by atoms with Crippen LogP contribution in [-0.2, 0) is 0 Å². The number of rotatable bonds is 14. The van der Waals surface area contributed by atoms with Gasteiger partial charge in [-0.2, -0.15) is 5.10 Å². The van der Waals surface area contributed by atoms with E-state index in [1.54, 1.807) is 0 Å². The van der Waals surface area contributed by atoms with Gasteiger partial charge in [0.15, 0.2) is 0 Å². The first-order valence-corrected chi connectivity index (χ1v) is 9.89. The Hall–Kier alpha value is -0.570. The monoisotopic (exact) mass is 368 g/mol. The molecule has 0 fully saturated rings. The molecule has 22 heavy (non-hydrogen) atoms. The molecule has 0 saturated heterocycles. The summed E-state index contributed by atoms with van der Waals surface area (Å²) >= 11 is 3.45. The molecule has 0 aliphatic rings. The summed E-state index contributed by atoms with van der Waals surface area (Å²) in [7, 11) is 0. The molecule has 1 aromatic rings. The molecule has 3 heteroatoms. The van der Waals surface area contributed by atoms with Crippen LogP contribution in [0.1, 0.15) is 90.0 Å². The molecule has 0 radical (unpaired) electrons. The molecule has 1 aromatic heterocycles. The van der Waals surface area contributed by atoms with Crippen molar-refractivity contribution in [3.8, 4) is 0 Å². The van der Waals surface area contributed by atoms with E-state index in [9.17, 15) is 0 Å². The van der Waals surface area contributed by atoms with Gasteiger partial charge in [0.1, 0.15) is 0 Å².